The van der Waals surface area contributed by atoms with Crippen LogP contribution in [-0.2, 0) is 27.1 Å². The molecule has 0 radical (unpaired) electrons. The van der Waals surface area contributed by atoms with Gasteiger partial charge in [0.25, 0.3) is 0 Å². The summed E-state index contributed by atoms with van der Waals surface area (Å²) in [4.78, 5) is 38.0. The number of nitrogens with two attached hydrogens (primary N) is 1. The molecule has 40 heavy (non-hydrogen) atoms. The number of benzene rings is 2. The molecule has 10 nitrogen and oxygen atoms in total. The zero-order chi connectivity index (χ0) is 29.8. The van der Waals surface area contributed by atoms with Crippen LogP contribution in [0, 0.1) is 0 Å². The van der Waals surface area contributed by atoms with E-state index in [4.69, 9.17) is 14.9 Å². The average Bonchev–Trinajstić information content (AvgIpc) is 2.90. The number of nitrogens with zero attached hydrogens (tertiary/aromatic N) is 1. The monoisotopic (exact) mass is 572 g/mol. The van der Waals surface area contributed by atoms with Gasteiger partial charge in [0.2, 0.25) is 5.91 Å². The van der Waals surface area contributed by atoms with E-state index in [-0.39, 0.29) is 44.2 Å². The van der Waals surface area contributed by atoms with E-state index in [1.165, 1.54) is 4.90 Å². The Balaban J connectivity index is 1.92. The van der Waals surface area contributed by atoms with Crippen molar-refractivity contribution in [2.75, 3.05) is 19.6 Å². The van der Waals surface area contributed by atoms with Crippen molar-refractivity contribution in [2.45, 2.75) is 70.6 Å². The van der Waals surface area contributed by atoms with Gasteiger partial charge in [-0.15, -0.1) is 0 Å². The second-order valence-corrected chi connectivity index (χ2v) is 16.0. The minimum atomic E-state index is -2.25. The van der Waals surface area contributed by atoms with Crippen LogP contribution in [0.5, 0.6) is 0 Å². The van der Waals surface area contributed by atoms with Crippen LogP contribution in [0.1, 0.15) is 38.3 Å². The van der Waals surface area contributed by atoms with Gasteiger partial charge in [-0.3, -0.25) is 4.79 Å². The number of carbonyl (C=O) groups excluding carboxylic acids is 2. The summed E-state index contributed by atoms with van der Waals surface area (Å²) >= 11 is 0. The van der Waals surface area contributed by atoms with Crippen molar-refractivity contribution < 1.29 is 28.7 Å². The Morgan fingerprint density at radius 2 is 1.55 bits per heavy atom. The van der Waals surface area contributed by atoms with Gasteiger partial charge in [-0.2, -0.15) is 0 Å². The molecule has 2 aromatic rings. The number of carboxylic acid groups (broad SMARTS) is 1. The van der Waals surface area contributed by atoms with Crippen LogP contribution < -0.4 is 16.4 Å². The molecule has 0 bridgehead atoms. The van der Waals surface area contributed by atoms with Crippen molar-refractivity contribution >= 4 is 26.4 Å². The number of ether oxygens (including phenoxy) is 1. The summed E-state index contributed by atoms with van der Waals surface area (Å²) < 4.78 is 11.8. The number of nitrogens with one attached hydrogen (secondary N) is 2. The molecule has 2 atom stereocenters. The number of rotatable bonds is 14. The third-order valence-corrected chi connectivity index (χ3v) is 11.5. The quantitative estimate of drug-likeness (QED) is 0.247. The van der Waals surface area contributed by atoms with Gasteiger partial charge in [0.1, 0.15) is 6.61 Å². The Morgan fingerprint density at radius 1 is 0.975 bits per heavy atom. The van der Waals surface area contributed by atoms with Crippen LogP contribution in [0.25, 0.3) is 0 Å². The van der Waals surface area contributed by atoms with Gasteiger partial charge < -0.3 is 35.5 Å². The summed E-state index contributed by atoms with van der Waals surface area (Å²) in [7, 11) is -2.25. The number of alkyl carbamates (subject to hydrolysis) is 1. The first-order valence-electron chi connectivity index (χ1n) is 13.5. The van der Waals surface area contributed by atoms with Crippen LogP contribution in [0.3, 0.4) is 0 Å². The minimum Gasteiger partial charge on any atom is -0.465 e. The first-order chi connectivity index (χ1) is 18.8. The van der Waals surface area contributed by atoms with Gasteiger partial charge in [-0.25, -0.2) is 9.59 Å². The lowest BCUT2D eigenvalue weighted by Crippen LogP contribution is -2.51. The molecule has 0 fully saturated rings. The Hall–Kier alpha value is -3.41. The van der Waals surface area contributed by atoms with E-state index >= 15 is 0 Å². The SMILES string of the molecule is CC(C)(C)[Si](C)(C)O[C@@H](CNC(=O)OCc1ccccc1)C[C@H](N)C(=O)NCCN(Cc1ccccc1)C(=O)O. The molecule has 0 aliphatic heterocycles. The molecule has 0 unspecified atom stereocenters. The van der Waals surface area contributed by atoms with Crippen LogP contribution in [-0.4, -0.2) is 68.2 Å². The number of carbonyl (C=O) groups is 3. The van der Waals surface area contributed by atoms with Gasteiger partial charge in [0.05, 0.1) is 12.1 Å². The zero-order valence-electron chi connectivity index (χ0n) is 24.2. The summed E-state index contributed by atoms with van der Waals surface area (Å²) in [6.07, 6.45) is -2.00. The van der Waals surface area contributed by atoms with Crippen LogP contribution in [0.2, 0.25) is 18.1 Å². The summed E-state index contributed by atoms with van der Waals surface area (Å²) in [5.74, 6) is -0.416. The Labute approximate surface area is 238 Å². The summed E-state index contributed by atoms with van der Waals surface area (Å²) in [5.41, 5.74) is 7.96. The highest BCUT2D eigenvalue weighted by Gasteiger charge is 2.39. The summed E-state index contributed by atoms with van der Waals surface area (Å²) in [6, 6.07) is 17.7. The van der Waals surface area contributed by atoms with Crippen molar-refractivity contribution in [1.29, 1.82) is 0 Å². The smallest absolute Gasteiger partial charge is 0.407 e. The number of amides is 3. The Bertz CT molecular complexity index is 1080. The molecule has 0 aromatic heterocycles. The standard InChI is InChI=1S/C29H44N4O6Si/c1-29(2,3)40(4,5)39-24(19-32-27(35)38-21-23-14-10-7-11-15-23)18-25(30)26(34)31-16-17-33(28(36)37)20-22-12-8-6-9-13-22/h6-15,24-25H,16-21,30H2,1-5H3,(H,31,34)(H,32,35)(H,36,37)/t24-,25+/m1/s1. The van der Waals surface area contributed by atoms with E-state index in [0.717, 1.165) is 11.1 Å². The third kappa shape index (κ3) is 11.4. The highest BCUT2D eigenvalue weighted by atomic mass is 28.4. The highest BCUT2D eigenvalue weighted by Crippen LogP contribution is 2.37. The Morgan fingerprint density at radius 3 is 2.10 bits per heavy atom. The first kappa shape index (κ1) is 32.8. The molecule has 0 heterocycles. The molecule has 11 heteroatoms. The maximum absolute atomic E-state index is 12.8. The second kappa shape index (κ2) is 15.4. The van der Waals surface area contributed by atoms with Crippen LogP contribution in [0.15, 0.2) is 60.7 Å². The molecule has 2 aromatic carbocycles. The van der Waals surface area contributed by atoms with Gasteiger partial charge in [0, 0.05) is 26.2 Å². The van der Waals surface area contributed by atoms with Gasteiger partial charge in [-0.05, 0) is 35.7 Å². The second-order valence-electron chi connectivity index (χ2n) is 11.3. The largest absolute Gasteiger partial charge is 0.465 e. The van der Waals surface area contributed by atoms with Crippen molar-refractivity contribution in [2.24, 2.45) is 5.73 Å². The highest BCUT2D eigenvalue weighted by molar-refractivity contribution is 6.74. The van der Waals surface area contributed by atoms with E-state index in [0.29, 0.717) is 0 Å². The fraction of sp³-hybridized carbons (Fsp3) is 0.483. The topological polar surface area (TPSA) is 143 Å². The molecule has 220 valence electrons. The molecule has 3 amide bonds. The maximum Gasteiger partial charge on any atom is 0.407 e. The van der Waals surface area contributed by atoms with Crippen molar-refractivity contribution in [3.05, 3.63) is 71.8 Å². The maximum atomic E-state index is 12.8. The molecule has 2 rings (SSSR count). The molecule has 0 aliphatic carbocycles. The zero-order valence-corrected chi connectivity index (χ0v) is 25.2. The van der Waals surface area contributed by atoms with Crippen molar-refractivity contribution in [3.63, 3.8) is 0 Å². The van der Waals surface area contributed by atoms with E-state index in [1.807, 2.05) is 60.7 Å². The first-order valence-corrected chi connectivity index (χ1v) is 16.4. The average molecular weight is 573 g/mol. The molecule has 0 spiro atoms. The summed E-state index contributed by atoms with van der Waals surface area (Å²) in [6.45, 7) is 11.2. The van der Waals surface area contributed by atoms with E-state index in [1.54, 1.807) is 0 Å². The molecule has 0 aliphatic rings. The molecular formula is C29H44N4O6Si. The molecular weight excluding hydrogens is 528 g/mol. The minimum absolute atomic E-state index is 0.0928. The van der Waals surface area contributed by atoms with E-state index < -0.39 is 38.6 Å². The lowest BCUT2D eigenvalue weighted by molar-refractivity contribution is -0.123. The molecule has 0 saturated heterocycles. The van der Waals surface area contributed by atoms with Crippen molar-refractivity contribution in [1.82, 2.24) is 15.5 Å². The van der Waals surface area contributed by atoms with Gasteiger partial charge in [0.15, 0.2) is 8.32 Å². The van der Waals surface area contributed by atoms with E-state index in [2.05, 4.69) is 44.5 Å². The van der Waals surface area contributed by atoms with Crippen LogP contribution in [0.4, 0.5) is 9.59 Å². The van der Waals surface area contributed by atoms with Crippen LogP contribution >= 0.6 is 0 Å². The normalized spacial score (nSPS) is 13.2. The lowest BCUT2D eigenvalue weighted by Gasteiger charge is -2.39. The van der Waals surface area contributed by atoms with Gasteiger partial charge in [-0.1, -0.05) is 81.4 Å². The molecule has 5 N–H and O–H groups in total. The molecule has 0 saturated carbocycles. The summed E-state index contributed by atoms with van der Waals surface area (Å²) in [5, 5.41) is 14.9. The lowest BCUT2D eigenvalue weighted by atomic mass is 10.1. The van der Waals surface area contributed by atoms with Gasteiger partial charge >= 0.3 is 12.2 Å². The Kier molecular flexibility index (Phi) is 12.6. The number of hydrogen-bond acceptors (Lipinski definition) is 6. The predicted molar refractivity (Wildman–Crippen MR) is 157 cm³/mol. The number of hydrogen-bond donors (Lipinski definition) is 4. The van der Waals surface area contributed by atoms with E-state index in [9.17, 15) is 19.5 Å². The van der Waals surface area contributed by atoms with Crippen molar-refractivity contribution in [3.8, 4) is 0 Å². The fourth-order valence-electron chi connectivity index (χ4n) is 3.62. The predicted octanol–water partition coefficient (Wildman–Crippen LogP) is 4.32. The fourth-order valence-corrected chi connectivity index (χ4v) is 4.99. The third-order valence-electron chi connectivity index (χ3n) is 6.98.